The number of aromatic nitrogens is 1. The van der Waals surface area contributed by atoms with Crippen molar-refractivity contribution in [2.24, 2.45) is 0 Å². The van der Waals surface area contributed by atoms with E-state index in [1.165, 1.54) is 24.4 Å². The van der Waals surface area contributed by atoms with Crippen LogP contribution in [0.5, 0.6) is 11.5 Å². The molecular weight excluding hydrogens is 770 g/mol. The molecule has 314 valence electrons. The minimum atomic E-state index is -5.08. The third-order valence-electron chi connectivity index (χ3n) is 7.19. The molecule has 0 aliphatic heterocycles. The quantitative estimate of drug-likeness (QED) is 0.0838. The van der Waals surface area contributed by atoms with Gasteiger partial charge in [0.05, 0.1) is 18.4 Å². The normalized spacial score (nSPS) is 12.1. The number of carboxylic acids is 1. The van der Waals surface area contributed by atoms with Crippen LogP contribution < -0.4 is 19.7 Å². The van der Waals surface area contributed by atoms with Crippen molar-refractivity contribution in [3.63, 3.8) is 0 Å². The number of nitrogens with one attached hydrogen (secondary N) is 1. The number of imide groups is 1. The number of nitrogens with zero attached hydrogens (tertiary/aromatic N) is 2. The molecule has 0 saturated carbocycles. The topological polar surface area (TPSA) is 163 Å². The SMILES string of the molecule is CCOc1cc(C(Nc2ccc3c(N(C(=O)OC(C)(C)C)C(=O)OC(C)(C)C)nccc3c2F)C(=O)OCc2ccccc2)ccc1OC(C)C.O=C(O)C(F)(F)F. The number of alkyl halides is 3. The summed E-state index contributed by atoms with van der Waals surface area (Å²) < 4.78 is 76.7. The van der Waals surface area contributed by atoms with Crippen molar-refractivity contribution in [3.8, 4) is 11.5 Å². The fourth-order valence-corrected chi connectivity index (χ4v) is 4.92. The van der Waals surface area contributed by atoms with Crippen LogP contribution in [0.2, 0.25) is 0 Å². The van der Waals surface area contributed by atoms with Crippen LogP contribution in [-0.2, 0) is 30.4 Å². The van der Waals surface area contributed by atoms with Gasteiger partial charge >= 0.3 is 30.3 Å². The number of rotatable bonds is 11. The number of fused-ring (bicyclic) bond motifs is 1. The summed E-state index contributed by atoms with van der Waals surface area (Å²) in [5.41, 5.74) is -0.770. The highest BCUT2D eigenvalue weighted by Crippen LogP contribution is 2.36. The number of aliphatic carboxylic acids is 1. The molecular formula is C41H47F4N3O10. The molecule has 4 aromatic rings. The molecule has 0 bridgehead atoms. The van der Waals surface area contributed by atoms with Crippen LogP contribution >= 0.6 is 0 Å². The predicted octanol–water partition coefficient (Wildman–Crippen LogP) is 9.77. The third kappa shape index (κ3) is 13.5. The van der Waals surface area contributed by atoms with E-state index in [9.17, 15) is 27.6 Å². The first kappa shape index (κ1) is 46.3. The molecule has 2 N–H and O–H groups in total. The Morgan fingerprint density at radius 3 is 1.93 bits per heavy atom. The summed E-state index contributed by atoms with van der Waals surface area (Å²) in [5, 5.41) is 10.3. The van der Waals surface area contributed by atoms with E-state index in [4.69, 9.17) is 33.6 Å². The highest BCUT2D eigenvalue weighted by molar-refractivity contribution is 6.14. The van der Waals surface area contributed by atoms with Gasteiger partial charge in [0.2, 0.25) is 0 Å². The molecule has 2 amide bonds. The number of carbonyl (C=O) groups is 4. The van der Waals surface area contributed by atoms with Gasteiger partial charge in [0.15, 0.2) is 29.2 Å². The molecule has 1 unspecified atom stereocenters. The van der Waals surface area contributed by atoms with Crippen molar-refractivity contribution < 1.29 is 65.5 Å². The Kier molecular flexibility index (Phi) is 15.4. The number of pyridine rings is 1. The van der Waals surface area contributed by atoms with Crippen molar-refractivity contribution in [2.75, 3.05) is 16.8 Å². The average molecular weight is 818 g/mol. The molecule has 0 spiro atoms. The van der Waals surface area contributed by atoms with Crippen molar-refractivity contribution >= 4 is 46.4 Å². The minimum absolute atomic E-state index is 0.00852. The van der Waals surface area contributed by atoms with Crippen LogP contribution in [0, 0.1) is 5.82 Å². The van der Waals surface area contributed by atoms with Crippen LogP contribution in [0.25, 0.3) is 10.8 Å². The Morgan fingerprint density at radius 1 is 0.828 bits per heavy atom. The lowest BCUT2D eigenvalue weighted by Crippen LogP contribution is -2.44. The number of ether oxygens (including phenoxy) is 5. The summed E-state index contributed by atoms with van der Waals surface area (Å²) in [4.78, 5) is 54.3. The van der Waals surface area contributed by atoms with Gasteiger partial charge in [-0.3, -0.25) is 0 Å². The summed E-state index contributed by atoms with van der Waals surface area (Å²) in [6, 6.07) is 17.3. The molecule has 0 saturated heterocycles. The lowest BCUT2D eigenvalue weighted by atomic mass is 10.0. The van der Waals surface area contributed by atoms with Crippen molar-refractivity contribution in [2.45, 2.75) is 98.4 Å². The number of benzene rings is 3. The Bertz CT molecular complexity index is 2040. The maximum absolute atomic E-state index is 16.5. The molecule has 0 radical (unpaired) electrons. The number of esters is 1. The molecule has 4 rings (SSSR count). The number of hydrogen-bond donors (Lipinski definition) is 2. The molecule has 13 nitrogen and oxygen atoms in total. The van der Waals surface area contributed by atoms with Crippen molar-refractivity contribution in [1.29, 1.82) is 0 Å². The fourth-order valence-electron chi connectivity index (χ4n) is 4.92. The van der Waals surface area contributed by atoms with Gasteiger partial charge in [0.1, 0.15) is 17.8 Å². The van der Waals surface area contributed by atoms with Gasteiger partial charge in [0.25, 0.3) is 0 Å². The van der Waals surface area contributed by atoms with E-state index in [1.807, 2.05) is 51.1 Å². The largest absolute Gasteiger partial charge is 0.490 e. The smallest absolute Gasteiger partial charge is 0.490 e. The zero-order chi connectivity index (χ0) is 43.6. The summed E-state index contributed by atoms with van der Waals surface area (Å²) in [5.74, 6) is -3.49. The second-order valence-corrected chi connectivity index (χ2v) is 14.7. The fraction of sp³-hybridized carbons (Fsp3) is 0.390. The van der Waals surface area contributed by atoms with E-state index < -0.39 is 53.4 Å². The first-order chi connectivity index (χ1) is 26.9. The lowest BCUT2D eigenvalue weighted by Gasteiger charge is -2.28. The molecule has 1 aromatic heterocycles. The second kappa shape index (κ2) is 19.3. The number of carbonyl (C=O) groups excluding carboxylic acids is 3. The van der Waals surface area contributed by atoms with E-state index in [0.717, 1.165) is 5.56 Å². The Hall–Kier alpha value is -6.13. The van der Waals surface area contributed by atoms with Gasteiger partial charge in [-0.1, -0.05) is 36.4 Å². The molecule has 0 aliphatic rings. The molecule has 58 heavy (non-hydrogen) atoms. The van der Waals surface area contributed by atoms with Crippen LogP contribution in [-0.4, -0.2) is 64.3 Å². The minimum Gasteiger partial charge on any atom is -0.490 e. The monoisotopic (exact) mass is 817 g/mol. The summed E-state index contributed by atoms with van der Waals surface area (Å²) >= 11 is 0. The highest BCUT2D eigenvalue weighted by atomic mass is 19.4. The molecule has 3 aromatic carbocycles. The third-order valence-corrected chi connectivity index (χ3v) is 7.19. The van der Waals surface area contributed by atoms with Crippen LogP contribution in [0.1, 0.15) is 79.5 Å². The molecule has 1 atom stereocenters. The zero-order valence-electron chi connectivity index (χ0n) is 33.5. The number of halogens is 4. The van der Waals surface area contributed by atoms with E-state index in [1.54, 1.807) is 59.7 Å². The van der Waals surface area contributed by atoms with Crippen LogP contribution in [0.4, 0.5) is 38.7 Å². The second-order valence-electron chi connectivity index (χ2n) is 14.7. The maximum atomic E-state index is 16.5. The van der Waals surface area contributed by atoms with Crippen LogP contribution in [0.3, 0.4) is 0 Å². The van der Waals surface area contributed by atoms with Gasteiger partial charge in [-0.25, -0.2) is 28.6 Å². The zero-order valence-corrected chi connectivity index (χ0v) is 33.5. The van der Waals surface area contributed by atoms with Gasteiger partial charge in [-0.05, 0) is 104 Å². The highest BCUT2D eigenvalue weighted by Gasteiger charge is 2.38. The Balaban J connectivity index is 0.00000117. The number of carboxylic acid groups (broad SMARTS) is 1. The molecule has 0 aliphatic carbocycles. The molecule has 1 heterocycles. The van der Waals surface area contributed by atoms with Crippen molar-refractivity contribution in [3.05, 3.63) is 89.9 Å². The van der Waals surface area contributed by atoms with Gasteiger partial charge in [-0.15, -0.1) is 0 Å². The van der Waals surface area contributed by atoms with E-state index >= 15 is 4.39 Å². The maximum Gasteiger partial charge on any atom is 0.490 e. The van der Waals surface area contributed by atoms with Crippen LogP contribution in [0.15, 0.2) is 72.9 Å². The molecule has 17 heteroatoms. The van der Waals surface area contributed by atoms with Gasteiger partial charge in [-0.2, -0.15) is 18.1 Å². The predicted molar refractivity (Wildman–Crippen MR) is 206 cm³/mol. The Labute approximate surface area is 333 Å². The first-order valence-electron chi connectivity index (χ1n) is 18.0. The molecule has 0 fully saturated rings. The van der Waals surface area contributed by atoms with E-state index in [0.29, 0.717) is 28.6 Å². The van der Waals surface area contributed by atoms with Gasteiger partial charge in [0, 0.05) is 17.0 Å². The van der Waals surface area contributed by atoms with E-state index in [2.05, 4.69) is 10.3 Å². The number of anilines is 2. The van der Waals surface area contributed by atoms with Gasteiger partial charge < -0.3 is 34.1 Å². The summed E-state index contributed by atoms with van der Waals surface area (Å²) in [6.45, 7) is 15.8. The number of amides is 2. The average Bonchev–Trinajstić information content (AvgIpc) is 3.10. The standard InChI is InChI=1S/C39H46FN3O8.C2HF3O2/c1-10-47-31-22-26(16-19-30(31)49-24(2)3)33(35(44)48-23-25-14-12-11-13-15-25)42-29-18-17-28-27(32(29)40)20-21-41-34(28)43(36(45)50-38(4,5)6)37(46)51-39(7,8)9;3-2(4,5)1(6)7/h11-22,24,33,42H,10,23H2,1-9H3;(H,6,7). The number of hydrogen-bond acceptors (Lipinski definition) is 11. The summed E-state index contributed by atoms with van der Waals surface area (Å²) in [7, 11) is 0. The summed E-state index contributed by atoms with van der Waals surface area (Å²) in [6.07, 6.45) is -6.04. The Morgan fingerprint density at radius 2 is 1.41 bits per heavy atom. The first-order valence-corrected chi connectivity index (χ1v) is 18.0. The van der Waals surface area contributed by atoms with E-state index in [-0.39, 0.29) is 35.0 Å². The lowest BCUT2D eigenvalue weighted by molar-refractivity contribution is -0.192. The van der Waals surface area contributed by atoms with Crippen molar-refractivity contribution in [1.82, 2.24) is 4.98 Å².